The van der Waals surface area contributed by atoms with Crippen LogP contribution in [0.15, 0.2) is 0 Å². The fourth-order valence-electron chi connectivity index (χ4n) is 4.21. The van der Waals surface area contributed by atoms with Crippen LogP contribution in [0.1, 0.15) is 39.5 Å². The largest absolute Gasteiger partial charge is 0.345 e. The number of hydrogen-bond acceptors (Lipinski definition) is 2. The van der Waals surface area contributed by atoms with E-state index in [2.05, 4.69) is 5.32 Å². The topological polar surface area (TPSA) is 49.4 Å². The predicted molar refractivity (Wildman–Crippen MR) is 67.7 cm³/mol. The van der Waals surface area contributed by atoms with Crippen LogP contribution in [0.2, 0.25) is 0 Å². The molecule has 3 rings (SSSR count). The molecule has 1 aliphatic heterocycles. The SMILES string of the molecule is CC(C)C1C(=O)NCC(=O)N1C1CC2CCC1C2. The third kappa shape index (κ3) is 1.73. The molecule has 2 saturated carbocycles. The summed E-state index contributed by atoms with van der Waals surface area (Å²) in [5.41, 5.74) is 0. The highest BCUT2D eigenvalue weighted by Crippen LogP contribution is 2.47. The van der Waals surface area contributed by atoms with Crippen LogP contribution in [-0.2, 0) is 9.59 Å². The van der Waals surface area contributed by atoms with Crippen LogP contribution in [0, 0.1) is 17.8 Å². The zero-order valence-electron chi connectivity index (χ0n) is 11.2. The van der Waals surface area contributed by atoms with E-state index in [4.69, 9.17) is 0 Å². The van der Waals surface area contributed by atoms with Crippen LogP contribution in [0.3, 0.4) is 0 Å². The third-order valence-corrected chi connectivity index (χ3v) is 4.96. The van der Waals surface area contributed by atoms with Crippen molar-refractivity contribution in [3.8, 4) is 0 Å². The summed E-state index contributed by atoms with van der Waals surface area (Å²) in [6, 6.07) is 0.0744. The first-order valence-electron chi connectivity index (χ1n) is 7.16. The molecule has 100 valence electrons. The molecule has 3 aliphatic rings. The van der Waals surface area contributed by atoms with E-state index in [9.17, 15) is 9.59 Å². The number of nitrogens with one attached hydrogen (secondary N) is 1. The van der Waals surface area contributed by atoms with Gasteiger partial charge in [0.05, 0.1) is 6.54 Å². The predicted octanol–water partition coefficient (Wildman–Crippen LogP) is 1.16. The monoisotopic (exact) mass is 250 g/mol. The van der Waals surface area contributed by atoms with Crippen molar-refractivity contribution >= 4 is 11.8 Å². The average molecular weight is 250 g/mol. The van der Waals surface area contributed by atoms with Crippen LogP contribution >= 0.6 is 0 Å². The van der Waals surface area contributed by atoms with E-state index in [0.717, 1.165) is 12.3 Å². The van der Waals surface area contributed by atoms with Gasteiger partial charge in [-0.05, 0) is 37.0 Å². The zero-order chi connectivity index (χ0) is 12.9. The molecule has 4 heteroatoms. The molecular formula is C14H22N2O2. The van der Waals surface area contributed by atoms with E-state index < -0.39 is 0 Å². The van der Waals surface area contributed by atoms with Gasteiger partial charge in [-0.15, -0.1) is 0 Å². The molecule has 18 heavy (non-hydrogen) atoms. The molecule has 4 atom stereocenters. The summed E-state index contributed by atoms with van der Waals surface area (Å²) < 4.78 is 0. The second-order valence-electron chi connectivity index (χ2n) is 6.45. The molecule has 0 radical (unpaired) electrons. The quantitative estimate of drug-likeness (QED) is 0.799. The highest BCUT2D eigenvalue weighted by molar-refractivity contribution is 5.95. The van der Waals surface area contributed by atoms with Crippen LogP contribution in [0.4, 0.5) is 0 Å². The van der Waals surface area contributed by atoms with E-state index in [1.807, 2.05) is 18.7 Å². The number of hydrogen-bond donors (Lipinski definition) is 1. The number of carbonyl (C=O) groups is 2. The third-order valence-electron chi connectivity index (χ3n) is 4.96. The molecule has 0 aromatic carbocycles. The Bertz CT molecular complexity index is 380. The lowest BCUT2D eigenvalue weighted by Crippen LogP contribution is -2.63. The lowest BCUT2D eigenvalue weighted by molar-refractivity contribution is -0.151. The first kappa shape index (κ1) is 12.0. The Morgan fingerprint density at radius 1 is 1.22 bits per heavy atom. The normalized spacial score (nSPS) is 39.6. The molecule has 0 aromatic rings. The lowest BCUT2D eigenvalue weighted by atomic mass is 9.89. The van der Waals surface area contributed by atoms with Gasteiger partial charge < -0.3 is 10.2 Å². The summed E-state index contributed by atoms with van der Waals surface area (Å²) >= 11 is 0. The van der Waals surface area contributed by atoms with Gasteiger partial charge in [0.15, 0.2) is 0 Å². The van der Waals surface area contributed by atoms with Crippen molar-refractivity contribution in [2.75, 3.05) is 6.54 Å². The van der Waals surface area contributed by atoms with Crippen molar-refractivity contribution in [2.24, 2.45) is 17.8 Å². The summed E-state index contributed by atoms with van der Waals surface area (Å²) in [6.45, 7) is 4.25. The van der Waals surface area contributed by atoms with Crippen LogP contribution < -0.4 is 5.32 Å². The van der Waals surface area contributed by atoms with Gasteiger partial charge in [0.2, 0.25) is 11.8 Å². The van der Waals surface area contributed by atoms with E-state index in [1.165, 1.54) is 19.3 Å². The smallest absolute Gasteiger partial charge is 0.243 e. The van der Waals surface area contributed by atoms with Crippen LogP contribution in [0.5, 0.6) is 0 Å². The Morgan fingerprint density at radius 3 is 2.56 bits per heavy atom. The molecule has 2 aliphatic carbocycles. The van der Waals surface area contributed by atoms with Crippen molar-refractivity contribution < 1.29 is 9.59 Å². The summed E-state index contributed by atoms with van der Waals surface area (Å²) in [5.74, 6) is 1.78. The van der Waals surface area contributed by atoms with E-state index in [-0.39, 0.29) is 30.3 Å². The van der Waals surface area contributed by atoms with Gasteiger partial charge in [-0.25, -0.2) is 0 Å². The first-order chi connectivity index (χ1) is 8.58. The van der Waals surface area contributed by atoms with Crippen molar-refractivity contribution in [2.45, 2.75) is 51.6 Å². The number of piperazine rings is 1. The number of fused-ring (bicyclic) bond motifs is 2. The first-order valence-corrected chi connectivity index (χ1v) is 7.16. The number of nitrogens with zero attached hydrogens (tertiary/aromatic N) is 1. The summed E-state index contributed by atoms with van der Waals surface area (Å²) in [6.07, 6.45) is 4.95. The molecular weight excluding hydrogens is 228 g/mol. The van der Waals surface area contributed by atoms with Gasteiger partial charge in [-0.3, -0.25) is 9.59 Å². The van der Waals surface area contributed by atoms with Gasteiger partial charge >= 0.3 is 0 Å². The Balaban J connectivity index is 1.86. The van der Waals surface area contributed by atoms with Gasteiger partial charge in [-0.1, -0.05) is 20.3 Å². The summed E-state index contributed by atoms with van der Waals surface area (Å²) in [7, 11) is 0. The van der Waals surface area contributed by atoms with Gasteiger partial charge in [0.1, 0.15) is 6.04 Å². The minimum absolute atomic E-state index is 0.0346. The maximum Gasteiger partial charge on any atom is 0.243 e. The lowest BCUT2D eigenvalue weighted by Gasteiger charge is -2.43. The van der Waals surface area contributed by atoms with E-state index >= 15 is 0 Å². The fraction of sp³-hybridized carbons (Fsp3) is 0.857. The van der Waals surface area contributed by atoms with Gasteiger partial charge in [0.25, 0.3) is 0 Å². The van der Waals surface area contributed by atoms with Crippen LogP contribution in [0.25, 0.3) is 0 Å². The molecule has 4 nitrogen and oxygen atoms in total. The van der Waals surface area contributed by atoms with Gasteiger partial charge in [-0.2, -0.15) is 0 Å². The van der Waals surface area contributed by atoms with Crippen molar-refractivity contribution in [1.82, 2.24) is 10.2 Å². The summed E-state index contributed by atoms with van der Waals surface area (Å²) in [5, 5.41) is 2.73. The molecule has 4 unspecified atom stereocenters. The average Bonchev–Trinajstić information content (AvgIpc) is 2.93. The summed E-state index contributed by atoms with van der Waals surface area (Å²) in [4.78, 5) is 26.2. The van der Waals surface area contributed by atoms with Crippen molar-refractivity contribution in [3.63, 3.8) is 0 Å². The minimum atomic E-state index is -0.254. The number of carbonyl (C=O) groups excluding carboxylic acids is 2. The zero-order valence-corrected chi connectivity index (χ0v) is 11.2. The Hall–Kier alpha value is -1.06. The standard InChI is InChI=1S/C14H22N2O2/c1-8(2)13-14(18)15-7-12(17)16(13)11-6-9-3-4-10(11)5-9/h8-11,13H,3-7H2,1-2H3,(H,15,18). The number of rotatable bonds is 2. The molecule has 1 N–H and O–H groups in total. The Kier molecular flexibility index (Phi) is 2.83. The molecule has 3 fully saturated rings. The molecule has 0 aromatic heterocycles. The van der Waals surface area contributed by atoms with Crippen molar-refractivity contribution in [3.05, 3.63) is 0 Å². The maximum atomic E-state index is 12.2. The Morgan fingerprint density at radius 2 is 2.00 bits per heavy atom. The molecule has 2 bridgehead atoms. The second-order valence-corrected chi connectivity index (χ2v) is 6.45. The van der Waals surface area contributed by atoms with Crippen LogP contribution in [-0.4, -0.2) is 35.3 Å². The molecule has 0 spiro atoms. The molecule has 1 saturated heterocycles. The minimum Gasteiger partial charge on any atom is -0.345 e. The second kappa shape index (κ2) is 4.25. The molecule has 1 heterocycles. The highest BCUT2D eigenvalue weighted by Gasteiger charge is 2.48. The maximum absolute atomic E-state index is 12.2. The van der Waals surface area contributed by atoms with E-state index in [0.29, 0.717) is 12.0 Å². The molecule has 2 amide bonds. The fourth-order valence-corrected chi connectivity index (χ4v) is 4.21. The van der Waals surface area contributed by atoms with E-state index in [1.54, 1.807) is 0 Å². The highest BCUT2D eigenvalue weighted by atomic mass is 16.2. The van der Waals surface area contributed by atoms with Crippen molar-refractivity contribution in [1.29, 1.82) is 0 Å². The number of amides is 2. The Labute approximate surface area is 108 Å². The van der Waals surface area contributed by atoms with Gasteiger partial charge in [0, 0.05) is 6.04 Å².